The lowest BCUT2D eigenvalue weighted by Crippen LogP contribution is -2.05. The van der Waals surface area contributed by atoms with Crippen LogP contribution in [0.3, 0.4) is 0 Å². The van der Waals surface area contributed by atoms with Crippen molar-refractivity contribution in [2.75, 3.05) is 0 Å². The van der Waals surface area contributed by atoms with Crippen molar-refractivity contribution in [2.24, 2.45) is 10.4 Å². The third-order valence-electron chi connectivity index (χ3n) is 1.95. The third-order valence-corrected chi connectivity index (χ3v) is 1.95. The first-order valence-electron chi connectivity index (χ1n) is 5.20. The van der Waals surface area contributed by atoms with Crippen LogP contribution in [0.1, 0.15) is 33.3 Å². The summed E-state index contributed by atoms with van der Waals surface area (Å²) in [6.45, 7) is 12.4. The quantitative estimate of drug-likeness (QED) is 0.626. The van der Waals surface area contributed by atoms with E-state index in [2.05, 4.69) is 38.4 Å². The molecule has 1 nitrogen and oxygen atoms in total. The summed E-state index contributed by atoms with van der Waals surface area (Å²) in [4.78, 5) is 4.51. The van der Waals surface area contributed by atoms with Crippen molar-refractivity contribution in [3.63, 3.8) is 0 Å². The average molecular weight is 201 g/mol. The fraction of sp³-hybridized carbons (Fsp3) is 0.357. The number of nitrogens with zero attached hydrogens (tertiary/aromatic N) is 1. The number of rotatable bonds is 2. The highest BCUT2D eigenvalue weighted by atomic mass is 14.7. The Hall–Kier alpha value is -1.37. The zero-order valence-electron chi connectivity index (χ0n) is 10.0. The van der Waals surface area contributed by atoms with Gasteiger partial charge < -0.3 is 0 Å². The molecule has 1 aromatic carbocycles. The van der Waals surface area contributed by atoms with Crippen LogP contribution in [0.25, 0.3) is 5.57 Å². The minimum atomic E-state index is 0.113. The number of para-hydroxylation sites is 1. The van der Waals surface area contributed by atoms with Crippen molar-refractivity contribution in [3.05, 3.63) is 36.4 Å². The van der Waals surface area contributed by atoms with Gasteiger partial charge in [0.15, 0.2) is 0 Å². The molecule has 0 unspecified atom stereocenters. The topological polar surface area (TPSA) is 12.4 Å². The maximum Gasteiger partial charge on any atom is 0.0700 e. The van der Waals surface area contributed by atoms with E-state index in [1.165, 1.54) is 0 Å². The predicted molar refractivity (Wildman–Crippen MR) is 68.8 cm³/mol. The number of aliphatic imine (C=N–C) groups is 1. The highest BCUT2D eigenvalue weighted by Crippen LogP contribution is 2.25. The second-order valence-electron chi connectivity index (χ2n) is 4.92. The molecule has 1 rings (SSSR count). The van der Waals surface area contributed by atoms with Crippen molar-refractivity contribution >= 4 is 17.5 Å². The van der Waals surface area contributed by atoms with Gasteiger partial charge in [0.25, 0.3) is 0 Å². The molecule has 1 aromatic rings. The van der Waals surface area contributed by atoms with Crippen molar-refractivity contribution in [1.29, 1.82) is 0 Å². The second kappa shape index (κ2) is 4.43. The summed E-state index contributed by atoms with van der Waals surface area (Å²) >= 11 is 0. The monoisotopic (exact) mass is 201 g/mol. The van der Waals surface area contributed by atoms with Gasteiger partial charge in [-0.3, -0.25) is 4.99 Å². The molecular weight excluding hydrogens is 182 g/mol. The minimum absolute atomic E-state index is 0.113. The largest absolute Gasteiger partial charge is 0.260 e. The van der Waals surface area contributed by atoms with Crippen LogP contribution in [0.15, 0.2) is 35.8 Å². The van der Waals surface area contributed by atoms with E-state index in [0.29, 0.717) is 0 Å². The van der Waals surface area contributed by atoms with Crippen LogP contribution in [-0.4, -0.2) is 6.21 Å². The molecule has 0 atom stereocenters. The van der Waals surface area contributed by atoms with E-state index in [4.69, 9.17) is 0 Å². The molecule has 15 heavy (non-hydrogen) atoms. The van der Waals surface area contributed by atoms with Crippen LogP contribution in [0.4, 0.5) is 5.69 Å². The highest BCUT2D eigenvalue weighted by molar-refractivity contribution is 5.76. The second-order valence-corrected chi connectivity index (χ2v) is 4.92. The summed E-state index contributed by atoms with van der Waals surface area (Å²) in [6, 6.07) is 8.09. The Balaban J connectivity index is 3.05. The van der Waals surface area contributed by atoms with Gasteiger partial charge in [0.05, 0.1) is 5.69 Å². The van der Waals surface area contributed by atoms with E-state index in [1.54, 1.807) is 0 Å². The molecule has 0 aliphatic heterocycles. The lowest BCUT2D eigenvalue weighted by atomic mass is 9.99. The molecule has 0 radical (unpaired) electrons. The van der Waals surface area contributed by atoms with Crippen LogP contribution in [-0.2, 0) is 0 Å². The first kappa shape index (κ1) is 11.7. The van der Waals surface area contributed by atoms with Crippen molar-refractivity contribution in [2.45, 2.75) is 27.7 Å². The highest BCUT2D eigenvalue weighted by Gasteiger charge is 2.06. The number of hydrogen-bond acceptors (Lipinski definition) is 1. The van der Waals surface area contributed by atoms with E-state index >= 15 is 0 Å². The van der Waals surface area contributed by atoms with E-state index in [1.807, 2.05) is 31.3 Å². The van der Waals surface area contributed by atoms with Gasteiger partial charge in [-0.25, -0.2) is 0 Å². The van der Waals surface area contributed by atoms with Crippen LogP contribution in [0.2, 0.25) is 0 Å². The summed E-state index contributed by atoms with van der Waals surface area (Å²) in [5.41, 5.74) is 3.29. The maximum atomic E-state index is 4.51. The molecule has 1 heteroatoms. The normalized spacial score (nSPS) is 12.0. The van der Waals surface area contributed by atoms with Crippen LogP contribution in [0.5, 0.6) is 0 Å². The smallest absolute Gasteiger partial charge is 0.0700 e. The van der Waals surface area contributed by atoms with Crippen molar-refractivity contribution in [3.8, 4) is 0 Å². The van der Waals surface area contributed by atoms with Crippen LogP contribution < -0.4 is 0 Å². The van der Waals surface area contributed by atoms with Gasteiger partial charge in [-0.15, -0.1) is 0 Å². The molecule has 0 amide bonds. The number of hydrogen-bond donors (Lipinski definition) is 0. The molecule has 0 spiro atoms. The third kappa shape index (κ3) is 3.70. The molecule has 0 aromatic heterocycles. The van der Waals surface area contributed by atoms with Gasteiger partial charge in [0, 0.05) is 11.8 Å². The summed E-state index contributed by atoms with van der Waals surface area (Å²) in [5, 5.41) is 0. The summed E-state index contributed by atoms with van der Waals surface area (Å²) in [7, 11) is 0. The zero-order chi connectivity index (χ0) is 11.5. The van der Waals surface area contributed by atoms with Gasteiger partial charge in [-0.2, -0.15) is 0 Å². The molecule has 0 heterocycles. The fourth-order valence-corrected chi connectivity index (χ4v) is 1.21. The lowest BCUT2D eigenvalue weighted by molar-refractivity contribution is 0.607. The Morgan fingerprint density at radius 1 is 1.27 bits per heavy atom. The number of benzene rings is 1. The summed E-state index contributed by atoms with van der Waals surface area (Å²) < 4.78 is 0. The maximum absolute atomic E-state index is 4.51. The SMILES string of the molecule is C=C(C)c1ccccc1N=CC(C)(C)C. The molecule has 0 aliphatic rings. The minimum Gasteiger partial charge on any atom is -0.260 e. The Morgan fingerprint density at radius 3 is 2.40 bits per heavy atom. The summed E-state index contributed by atoms with van der Waals surface area (Å²) in [5.74, 6) is 0. The molecule has 0 bridgehead atoms. The Labute approximate surface area is 92.6 Å². The van der Waals surface area contributed by atoms with Gasteiger partial charge in [-0.05, 0) is 24.0 Å². The molecule has 0 saturated carbocycles. The molecule has 0 aliphatic carbocycles. The van der Waals surface area contributed by atoms with Gasteiger partial charge in [0.2, 0.25) is 0 Å². The van der Waals surface area contributed by atoms with Crippen molar-refractivity contribution < 1.29 is 0 Å². The van der Waals surface area contributed by atoms with E-state index < -0.39 is 0 Å². The van der Waals surface area contributed by atoms with E-state index in [9.17, 15) is 0 Å². The first-order valence-corrected chi connectivity index (χ1v) is 5.20. The van der Waals surface area contributed by atoms with Crippen LogP contribution in [0, 0.1) is 5.41 Å². The molecule has 0 N–H and O–H groups in total. The van der Waals surface area contributed by atoms with E-state index in [0.717, 1.165) is 16.8 Å². The molecule has 0 saturated heterocycles. The average Bonchev–Trinajstić information content (AvgIpc) is 2.14. The Kier molecular flexibility index (Phi) is 3.46. The molecule has 80 valence electrons. The first-order chi connectivity index (χ1) is 6.90. The predicted octanol–water partition coefficient (Wildman–Crippen LogP) is 4.47. The lowest BCUT2D eigenvalue weighted by Gasteiger charge is -2.11. The summed E-state index contributed by atoms with van der Waals surface area (Å²) in [6.07, 6.45) is 1.98. The van der Waals surface area contributed by atoms with Gasteiger partial charge in [0.1, 0.15) is 0 Å². The Bertz CT molecular complexity index is 381. The van der Waals surface area contributed by atoms with Crippen LogP contribution >= 0.6 is 0 Å². The van der Waals surface area contributed by atoms with Crippen molar-refractivity contribution in [1.82, 2.24) is 0 Å². The fourth-order valence-electron chi connectivity index (χ4n) is 1.21. The standard InChI is InChI=1S/C14H19N/c1-11(2)12-8-6-7-9-13(12)15-10-14(3,4)5/h6-10H,1H2,2-5H3. The van der Waals surface area contributed by atoms with Gasteiger partial charge in [-0.1, -0.05) is 45.5 Å². The zero-order valence-corrected chi connectivity index (χ0v) is 10.0. The number of allylic oxidation sites excluding steroid dienone is 1. The molecular formula is C14H19N. The molecule has 0 fully saturated rings. The Morgan fingerprint density at radius 2 is 1.87 bits per heavy atom. The van der Waals surface area contributed by atoms with Gasteiger partial charge >= 0.3 is 0 Å². The van der Waals surface area contributed by atoms with E-state index in [-0.39, 0.29) is 5.41 Å².